The van der Waals surface area contributed by atoms with Crippen LogP contribution in [0, 0.1) is 5.41 Å². The number of piperidine rings is 1. The van der Waals surface area contributed by atoms with Crippen molar-refractivity contribution in [2.75, 3.05) is 20.1 Å². The van der Waals surface area contributed by atoms with Gasteiger partial charge >= 0.3 is 6.18 Å². The Balaban J connectivity index is 0.000000184. The summed E-state index contributed by atoms with van der Waals surface area (Å²) in [5.74, 6) is 0.791. The van der Waals surface area contributed by atoms with E-state index in [0.29, 0.717) is 17.4 Å². The number of carbonyl (C=O) groups excluding carboxylic acids is 1. The van der Waals surface area contributed by atoms with Crippen molar-refractivity contribution in [3.63, 3.8) is 0 Å². The molecule has 44 heavy (non-hydrogen) atoms. The molecule has 2 aliphatic carbocycles. The maximum Gasteiger partial charge on any atom is 0.416 e. The molecule has 1 amide bonds. The predicted molar refractivity (Wildman–Crippen MR) is 165 cm³/mol. The number of amides is 1. The molecule has 3 aromatic rings. The highest BCUT2D eigenvalue weighted by Crippen LogP contribution is 2.68. The Kier molecular flexibility index (Phi) is 7.99. The van der Waals surface area contributed by atoms with Crippen molar-refractivity contribution in [3.05, 3.63) is 101 Å². The molecule has 1 saturated carbocycles. The van der Waals surface area contributed by atoms with Crippen LogP contribution in [0.15, 0.2) is 72.8 Å². The molecule has 5 nitrogen and oxygen atoms in total. The largest absolute Gasteiger partial charge is 0.504 e. The molecular weight excluding hydrogens is 565 g/mol. The monoisotopic (exact) mass is 604 g/mol. The predicted octanol–water partition coefficient (Wildman–Crippen LogP) is 6.92. The number of halogens is 3. The highest BCUT2D eigenvalue weighted by Gasteiger charge is 2.69. The molecule has 2 N–H and O–H groups in total. The zero-order valence-corrected chi connectivity index (χ0v) is 25.2. The van der Waals surface area contributed by atoms with Gasteiger partial charge in [0.15, 0.2) is 11.5 Å². The molecular formula is C36H39F3N2O3. The van der Waals surface area contributed by atoms with E-state index in [9.17, 15) is 23.1 Å². The van der Waals surface area contributed by atoms with Gasteiger partial charge in [-0.15, -0.1) is 0 Å². The molecule has 4 atom stereocenters. The molecule has 8 heteroatoms. The van der Waals surface area contributed by atoms with Crippen LogP contribution >= 0.6 is 0 Å². The molecule has 2 bridgehead atoms. The number of rotatable bonds is 5. The third-order valence-corrected chi connectivity index (χ3v) is 10.5. The Morgan fingerprint density at radius 1 is 1.11 bits per heavy atom. The number of benzene rings is 3. The molecule has 1 saturated heterocycles. The summed E-state index contributed by atoms with van der Waals surface area (Å²) in [5, 5.41) is 12.8. The van der Waals surface area contributed by atoms with Gasteiger partial charge in [0.25, 0.3) is 0 Å². The minimum Gasteiger partial charge on any atom is -0.504 e. The van der Waals surface area contributed by atoms with Gasteiger partial charge < -0.3 is 15.2 Å². The van der Waals surface area contributed by atoms with E-state index in [1.54, 1.807) is 0 Å². The van der Waals surface area contributed by atoms with Crippen LogP contribution in [-0.4, -0.2) is 48.2 Å². The quantitative estimate of drug-likeness (QED) is 0.311. The van der Waals surface area contributed by atoms with Gasteiger partial charge in [0.05, 0.1) is 5.56 Å². The number of ether oxygens (including phenoxy) is 1. The Labute approximate surface area is 256 Å². The second kappa shape index (κ2) is 11.6. The lowest BCUT2D eigenvalue weighted by Crippen LogP contribution is -2.70. The fourth-order valence-corrected chi connectivity index (χ4v) is 8.37. The summed E-state index contributed by atoms with van der Waals surface area (Å²) in [5.41, 5.74) is 4.16. The molecule has 232 valence electrons. The summed E-state index contributed by atoms with van der Waals surface area (Å²) in [6.45, 7) is 4.80. The van der Waals surface area contributed by atoms with E-state index in [1.165, 1.54) is 60.9 Å². The van der Waals surface area contributed by atoms with Crippen LogP contribution in [-0.2, 0) is 29.2 Å². The molecule has 7 rings (SSSR count). The third kappa shape index (κ3) is 5.17. The molecule has 0 aromatic heterocycles. The van der Waals surface area contributed by atoms with Crippen LogP contribution in [0.4, 0.5) is 13.2 Å². The zero-order valence-electron chi connectivity index (χ0n) is 25.2. The number of alkyl halides is 3. The number of phenolic OH excluding ortho intramolecular Hbond substituents is 1. The van der Waals surface area contributed by atoms with Crippen LogP contribution in [0.25, 0.3) is 6.08 Å². The topological polar surface area (TPSA) is 61.8 Å². The highest BCUT2D eigenvalue weighted by atomic mass is 19.4. The summed E-state index contributed by atoms with van der Waals surface area (Å²) in [6.07, 6.45) is 5.37. The fraction of sp³-hybridized carbons (Fsp3) is 0.417. The van der Waals surface area contributed by atoms with Crippen molar-refractivity contribution < 1.29 is 27.8 Å². The van der Waals surface area contributed by atoms with Crippen molar-refractivity contribution in [3.8, 4) is 11.5 Å². The van der Waals surface area contributed by atoms with E-state index in [1.807, 2.05) is 6.07 Å². The number of phenols is 1. The minimum atomic E-state index is -4.36. The Bertz CT molecular complexity index is 1560. The van der Waals surface area contributed by atoms with Crippen molar-refractivity contribution in [2.24, 2.45) is 5.41 Å². The van der Waals surface area contributed by atoms with Gasteiger partial charge in [0.2, 0.25) is 5.91 Å². The van der Waals surface area contributed by atoms with Crippen molar-refractivity contribution in [1.29, 1.82) is 0 Å². The number of aromatic hydroxyl groups is 1. The number of carbonyl (C=O) groups is 1. The third-order valence-electron chi connectivity index (χ3n) is 10.5. The summed E-state index contributed by atoms with van der Waals surface area (Å²) in [7, 11) is 1.44. The maximum atomic E-state index is 12.3. The van der Waals surface area contributed by atoms with Crippen LogP contribution in [0.5, 0.6) is 11.5 Å². The molecule has 3 aromatic carbocycles. The average Bonchev–Trinajstić information content (AvgIpc) is 3.36. The van der Waals surface area contributed by atoms with Gasteiger partial charge in [-0.2, -0.15) is 13.2 Å². The van der Waals surface area contributed by atoms with E-state index in [-0.39, 0.29) is 22.8 Å². The standard InChI is InChI=1S/C25H29NO2.C11H10F3NO/c1-24-12-5-8-21-25(24)13-15-26(14-11-17-6-3-2-4-7-17)20(24)16-18-9-10-19(27)23(28-21)22(18)25;1-15-10(16)6-5-8-3-2-4-9(7-8)11(12,13)14/h2-4,6-7,9-10,20-21,27H,5,8,11-16H2,1H3;2-7H,1H3,(H,15,16)/b;6-5+/t20-,21+,24+,25-;/m1./s1. The van der Waals surface area contributed by atoms with Crippen LogP contribution in [0.2, 0.25) is 0 Å². The number of hydrogen-bond acceptors (Lipinski definition) is 4. The smallest absolute Gasteiger partial charge is 0.416 e. The SMILES string of the molecule is CNC(=O)/C=C/c1cccc(C(F)(F)F)c1.C[C@@]12CCC[C@@H]3Oc4c(O)ccc5c4[C@@]31CCN(CCc1ccccc1)[C@@H]2C5. The van der Waals surface area contributed by atoms with Gasteiger partial charge in [-0.25, -0.2) is 0 Å². The second-order valence-corrected chi connectivity index (χ2v) is 12.6. The first-order valence-corrected chi connectivity index (χ1v) is 15.4. The van der Waals surface area contributed by atoms with Crippen LogP contribution in [0.1, 0.15) is 60.4 Å². The van der Waals surface area contributed by atoms with E-state index < -0.39 is 11.7 Å². The molecule has 2 aliphatic heterocycles. The van der Waals surface area contributed by atoms with Gasteiger partial charge in [-0.3, -0.25) is 9.69 Å². The first-order chi connectivity index (χ1) is 21.1. The molecule has 0 unspecified atom stereocenters. The number of likely N-dealkylation sites (tertiary alicyclic amines) is 1. The maximum absolute atomic E-state index is 12.3. The second-order valence-electron chi connectivity index (χ2n) is 12.6. The summed E-state index contributed by atoms with van der Waals surface area (Å²) < 4.78 is 43.5. The van der Waals surface area contributed by atoms with Gasteiger partial charge in [-0.1, -0.05) is 55.5 Å². The molecule has 0 radical (unpaired) electrons. The van der Waals surface area contributed by atoms with Crippen LogP contribution < -0.4 is 10.1 Å². The number of nitrogens with zero attached hydrogens (tertiary/aromatic N) is 1. The van der Waals surface area contributed by atoms with Gasteiger partial charge in [0, 0.05) is 36.7 Å². The highest BCUT2D eigenvalue weighted by molar-refractivity contribution is 5.91. The molecule has 1 spiro atoms. The van der Waals surface area contributed by atoms with E-state index >= 15 is 0 Å². The summed E-state index contributed by atoms with van der Waals surface area (Å²) >= 11 is 0. The first-order valence-electron chi connectivity index (χ1n) is 15.4. The number of hydrogen-bond donors (Lipinski definition) is 2. The Morgan fingerprint density at radius 2 is 1.91 bits per heavy atom. The number of likely N-dealkylation sites (N-methyl/N-ethyl adjacent to an activating group) is 1. The fourth-order valence-electron chi connectivity index (χ4n) is 8.37. The van der Waals surface area contributed by atoms with E-state index in [2.05, 4.69) is 53.5 Å². The first kappa shape index (κ1) is 30.3. The van der Waals surface area contributed by atoms with Crippen molar-refractivity contribution in [1.82, 2.24) is 10.2 Å². The summed E-state index contributed by atoms with van der Waals surface area (Å²) in [6, 6.07) is 20.3. The Morgan fingerprint density at radius 3 is 2.66 bits per heavy atom. The van der Waals surface area contributed by atoms with E-state index in [0.717, 1.165) is 56.7 Å². The van der Waals surface area contributed by atoms with E-state index in [4.69, 9.17) is 4.74 Å². The normalized spacial score (nSPS) is 26.8. The summed E-state index contributed by atoms with van der Waals surface area (Å²) in [4.78, 5) is 13.6. The zero-order chi connectivity index (χ0) is 31.1. The number of nitrogens with one attached hydrogen (secondary N) is 1. The molecule has 2 fully saturated rings. The van der Waals surface area contributed by atoms with Crippen molar-refractivity contribution >= 4 is 12.0 Å². The van der Waals surface area contributed by atoms with Crippen LogP contribution in [0.3, 0.4) is 0 Å². The van der Waals surface area contributed by atoms with Gasteiger partial charge in [0.1, 0.15) is 6.10 Å². The lowest BCUT2D eigenvalue weighted by Gasteiger charge is -2.64. The molecule has 4 aliphatic rings. The minimum absolute atomic E-state index is 0.0980. The Hall–Kier alpha value is -3.78. The lowest BCUT2D eigenvalue weighted by molar-refractivity contribution is -0.137. The molecule has 2 heterocycles. The lowest BCUT2D eigenvalue weighted by atomic mass is 9.44. The average molecular weight is 605 g/mol. The van der Waals surface area contributed by atoms with Gasteiger partial charge in [-0.05, 0) is 91.5 Å². The van der Waals surface area contributed by atoms with Crippen molar-refractivity contribution in [2.45, 2.75) is 69.2 Å².